The molecular weight excluding hydrogens is 238 g/mol. The lowest BCUT2D eigenvalue weighted by Gasteiger charge is -2.38. The Bertz CT molecular complexity index is 468. The molecule has 1 aliphatic heterocycles. The van der Waals surface area contributed by atoms with Gasteiger partial charge in [0, 0.05) is 24.4 Å². The van der Waals surface area contributed by atoms with Gasteiger partial charge in [-0.25, -0.2) is 4.79 Å². The lowest BCUT2D eigenvalue weighted by Crippen LogP contribution is -2.39. The van der Waals surface area contributed by atoms with Crippen molar-refractivity contribution in [2.75, 3.05) is 11.4 Å². The minimum absolute atomic E-state index is 0.577. The minimum Gasteiger partial charge on any atom is -0.478 e. The third kappa shape index (κ3) is 3.37. The highest BCUT2D eigenvalue weighted by Crippen LogP contribution is 2.29. The van der Waals surface area contributed by atoms with Gasteiger partial charge in [-0.05, 0) is 43.4 Å². The number of aliphatic carboxylic acids is 1. The number of rotatable bonds is 4. The van der Waals surface area contributed by atoms with Crippen molar-refractivity contribution in [3.8, 4) is 0 Å². The first-order valence-corrected chi connectivity index (χ1v) is 6.99. The lowest BCUT2D eigenvalue weighted by molar-refractivity contribution is -0.131. The highest BCUT2D eigenvalue weighted by Gasteiger charge is 2.22. The van der Waals surface area contributed by atoms with Gasteiger partial charge in [-0.15, -0.1) is 0 Å². The molecule has 0 bridgehead atoms. The summed E-state index contributed by atoms with van der Waals surface area (Å²) in [5.74, 6) is -0.902. The monoisotopic (exact) mass is 259 g/mol. The molecule has 3 heteroatoms. The lowest BCUT2D eigenvalue weighted by atomic mass is 9.98. The van der Waals surface area contributed by atoms with Gasteiger partial charge in [-0.1, -0.05) is 25.1 Å². The molecule has 0 amide bonds. The van der Waals surface area contributed by atoms with E-state index in [1.54, 1.807) is 6.08 Å². The number of para-hydroxylation sites is 1. The van der Waals surface area contributed by atoms with Gasteiger partial charge < -0.3 is 10.0 Å². The van der Waals surface area contributed by atoms with Crippen molar-refractivity contribution < 1.29 is 9.90 Å². The predicted molar refractivity (Wildman–Crippen MR) is 78.4 cm³/mol. The third-order valence-electron chi connectivity index (χ3n) is 3.75. The molecule has 0 aromatic heterocycles. The average molecular weight is 259 g/mol. The van der Waals surface area contributed by atoms with Crippen LogP contribution in [-0.4, -0.2) is 23.7 Å². The molecule has 1 unspecified atom stereocenters. The van der Waals surface area contributed by atoms with E-state index in [1.165, 1.54) is 25.3 Å². The molecule has 1 saturated heterocycles. The van der Waals surface area contributed by atoms with E-state index in [-0.39, 0.29) is 0 Å². The van der Waals surface area contributed by atoms with Crippen LogP contribution in [0.3, 0.4) is 0 Å². The molecule has 3 nitrogen and oxygen atoms in total. The summed E-state index contributed by atoms with van der Waals surface area (Å²) >= 11 is 0. The molecule has 1 aromatic carbocycles. The number of carbonyl (C=O) groups is 1. The van der Waals surface area contributed by atoms with Crippen LogP contribution in [0.1, 0.15) is 38.2 Å². The summed E-state index contributed by atoms with van der Waals surface area (Å²) in [6, 6.07) is 8.63. The van der Waals surface area contributed by atoms with E-state index in [1.807, 2.05) is 18.2 Å². The van der Waals surface area contributed by atoms with E-state index < -0.39 is 5.97 Å². The van der Waals surface area contributed by atoms with Crippen LogP contribution in [0, 0.1) is 0 Å². The molecule has 0 spiro atoms. The van der Waals surface area contributed by atoms with Gasteiger partial charge in [-0.2, -0.15) is 0 Å². The molecule has 1 heterocycles. The summed E-state index contributed by atoms with van der Waals surface area (Å²) in [5, 5.41) is 8.77. The predicted octanol–water partition coefficient (Wildman–Crippen LogP) is 3.55. The van der Waals surface area contributed by atoms with Gasteiger partial charge >= 0.3 is 5.97 Å². The number of nitrogens with zero attached hydrogens (tertiary/aromatic N) is 1. The molecule has 1 N–H and O–H groups in total. The van der Waals surface area contributed by atoms with Crippen LogP contribution in [0.2, 0.25) is 0 Å². The number of benzene rings is 1. The molecule has 1 fully saturated rings. The smallest absolute Gasteiger partial charge is 0.328 e. The Kier molecular flexibility index (Phi) is 4.61. The first-order chi connectivity index (χ1) is 9.22. The van der Waals surface area contributed by atoms with E-state index in [4.69, 9.17) is 5.11 Å². The quantitative estimate of drug-likeness (QED) is 0.841. The van der Waals surface area contributed by atoms with Crippen molar-refractivity contribution in [3.63, 3.8) is 0 Å². The highest BCUT2D eigenvalue weighted by atomic mass is 16.4. The SMILES string of the molecule is CCC1CCCCN1c1ccccc1/C=C/C(=O)O. The minimum atomic E-state index is -0.902. The van der Waals surface area contributed by atoms with Crippen LogP contribution in [0.15, 0.2) is 30.3 Å². The van der Waals surface area contributed by atoms with Crippen molar-refractivity contribution in [2.24, 2.45) is 0 Å². The fourth-order valence-electron chi connectivity index (χ4n) is 2.79. The number of hydrogen-bond donors (Lipinski definition) is 1. The Labute approximate surface area is 114 Å². The van der Waals surface area contributed by atoms with Crippen molar-refractivity contribution in [1.82, 2.24) is 0 Å². The van der Waals surface area contributed by atoms with Gasteiger partial charge in [0.2, 0.25) is 0 Å². The molecule has 19 heavy (non-hydrogen) atoms. The van der Waals surface area contributed by atoms with Gasteiger partial charge in [0.05, 0.1) is 0 Å². The zero-order valence-electron chi connectivity index (χ0n) is 11.4. The maximum absolute atomic E-state index is 10.7. The van der Waals surface area contributed by atoms with E-state index in [0.29, 0.717) is 6.04 Å². The first-order valence-electron chi connectivity index (χ1n) is 6.99. The topological polar surface area (TPSA) is 40.5 Å². The second-order valence-electron chi connectivity index (χ2n) is 4.98. The fraction of sp³-hybridized carbons (Fsp3) is 0.438. The maximum atomic E-state index is 10.7. The van der Waals surface area contributed by atoms with Gasteiger partial charge in [0.1, 0.15) is 0 Å². The molecule has 0 radical (unpaired) electrons. The first kappa shape index (κ1) is 13.7. The Morgan fingerprint density at radius 2 is 2.21 bits per heavy atom. The number of carboxylic acids is 1. The largest absolute Gasteiger partial charge is 0.478 e. The number of piperidine rings is 1. The van der Waals surface area contributed by atoms with E-state index in [2.05, 4.69) is 17.9 Å². The van der Waals surface area contributed by atoms with Crippen molar-refractivity contribution in [1.29, 1.82) is 0 Å². The van der Waals surface area contributed by atoms with Crippen LogP contribution in [0.4, 0.5) is 5.69 Å². The number of carboxylic acid groups (broad SMARTS) is 1. The second kappa shape index (κ2) is 6.41. The van der Waals surface area contributed by atoms with Gasteiger partial charge in [-0.3, -0.25) is 0 Å². The van der Waals surface area contributed by atoms with Crippen LogP contribution >= 0.6 is 0 Å². The molecule has 0 aliphatic carbocycles. The zero-order valence-corrected chi connectivity index (χ0v) is 11.4. The van der Waals surface area contributed by atoms with E-state index in [0.717, 1.165) is 24.2 Å². The van der Waals surface area contributed by atoms with Crippen molar-refractivity contribution in [2.45, 2.75) is 38.6 Å². The Hall–Kier alpha value is -1.77. The molecule has 1 atom stereocenters. The van der Waals surface area contributed by atoms with Crippen LogP contribution in [0.25, 0.3) is 6.08 Å². The number of hydrogen-bond acceptors (Lipinski definition) is 2. The average Bonchev–Trinajstić information content (AvgIpc) is 2.45. The summed E-state index contributed by atoms with van der Waals surface area (Å²) < 4.78 is 0. The molecule has 102 valence electrons. The second-order valence-corrected chi connectivity index (χ2v) is 4.98. The summed E-state index contributed by atoms with van der Waals surface area (Å²) in [5.41, 5.74) is 2.15. The Balaban J connectivity index is 2.29. The highest BCUT2D eigenvalue weighted by molar-refractivity contribution is 5.87. The van der Waals surface area contributed by atoms with Crippen molar-refractivity contribution in [3.05, 3.63) is 35.9 Å². The van der Waals surface area contributed by atoms with Crippen LogP contribution in [-0.2, 0) is 4.79 Å². The molecular formula is C16H21NO2. The fourth-order valence-corrected chi connectivity index (χ4v) is 2.79. The normalized spacial score (nSPS) is 19.8. The van der Waals surface area contributed by atoms with Crippen molar-refractivity contribution >= 4 is 17.7 Å². The summed E-state index contributed by atoms with van der Waals surface area (Å²) in [6.07, 6.45) is 7.78. The Morgan fingerprint density at radius 3 is 2.95 bits per heavy atom. The van der Waals surface area contributed by atoms with E-state index >= 15 is 0 Å². The van der Waals surface area contributed by atoms with E-state index in [9.17, 15) is 4.79 Å². The molecule has 1 aliphatic rings. The molecule has 1 aromatic rings. The Morgan fingerprint density at radius 1 is 1.42 bits per heavy atom. The summed E-state index contributed by atoms with van der Waals surface area (Å²) in [4.78, 5) is 13.1. The summed E-state index contributed by atoms with van der Waals surface area (Å²) in [7, 11) is 0. The van der Waals surface area contributed by atoms with Gasteiger partial charge in [0.25, 0.3) is 0 Å². The number of anilines is 1. The van der Waals surface area contributed by atoms with Crippen LogP contribution in [0.5, 0.6) is 0 Å². The van der Waals surface area contributed by atoms with Gasteiger partial charge in [0.15, 0.2) is 0 Å². The van der Waals surface area contributed by atoms with Crippen LogP contribution < -0.4 is 4.90 Å². The zero-order chi connectivity index (χ0) is 13.7. The molecule has 2 rings (SSSR count). The molecule has 0 saturated carbocycles. The third-order valence-corrected chi connectivity index (χ3v) is 3.75. The summed E-state index contributed by atoms with van der Waals surface area (Å²) in [6.45, 7) is 3.29. The standard InChI is InChI=1S/C16H21NO2/c1-2-14-8-5-6-12-17(14)15-9-4-3-7-13(15)10-11-16(18)19/h3-4,7,9-11,14H,2,5-6,8,12H2,1H3,(H,18,19)/b11-10+. The maximum Gasteiger partial charge on any atom is 0.328 e.